The van der Waals surface area contributed by atoms with E-state index in [4.69, 9.17) is 32.4 Å². The second-order valence-electron chi connectivity index (χ2n) is 9.20. The average molecular weight is 530 g/mol. The van der Waals surface area contributed by atoms with Crippen molar-refractivity contribution in [2.45, 2.75) is 38.0 Å². The predicted octanol–water partition coefficient (Wildman–Crippen LogP) is 6.17. The number of carboxylic acid groups (broad SMARTS) is 1. The van der Waals surface area contributed by atoms with Crippen LogP contribution in [0, 0.1) is 0 Å². The molecular weight excluding hydrogens is 502 g/mol. The van der Waals surface area contributed by atoms with Crippen LogP contribution < -0.4 is 11.1 Å². The summed E-state index contributed by atoms with van der Waals surface area (Å²) in [7, 11) is 1.35. The number of imidazole rings is 1. The lowest BCUT2D eigenvalue weighted by atomic mass is 9.89. The van der Waals surface area contributed by atoms with Gasteiger partial charge < -0.3 is 16.2 Å². The first-order chi connectivity index (χ1) is 18.5. The minimum atomic E-state index is -0.995. The molecule has 6 rings (SSSR count). The molecule has 5 aromatic rings. The van der Waals surface area contributed by atoms with Gasteiger partial charge in [0.1, 0.15) is 23.4 Å². The average Bonchev–Trinajstić information content (AvgIpc) is 3.34. The fraction of sp³-hybridized carbons (Fsp3) is 0.250. The Hall–Kier alpha value is -4.24. The summed E-state index contributed by atoms with van der Waals surface area (Å²) in [6.45, 7) is 0. The zero-order valence-electron chi connectivity index (χ0n) is 20.9. The molecule has 0 bridgehead atoms. The molecule has 0 radical (unpaired) electrons. The molecule has 9 nitrogen and oxygen atoms in total. The molecule has 1 aliphatic rings. The maximum atomic E-state index is 9.26. The van der Waals surface area contributed by atoms with Gasteiger partial charge in [-0.05, 0) is 31.0 Å². The third-order valence-corrected chi connectivity index (χ3v) is 7.09. The van der Waals surface area contributed by atoms with Crippen LogP contribution in [0.25, 0.3) is 38.9 Å². The monoisotopic (exact) mass is 529 g/mol. The van der Waals surface area contributed by atoms with Gasteiger partial charge in [-0.1, -0.05) is 67.3 Å². The van der Waals surface area contributed by atoms with Gasteiger partial charge in [0.05, 0.1) is 16.2 Å². The maximum absolute atomic E-state index is 9.26. The van der Waals surface area contributed by atoms with Crippen LogP contribution in [0.15, 0.2) is 60.9 Å². The Bertz CT molecular complexity index is 1600. The summed E-state index contributed by atoms with van der Waals surface area (Å²) in [4.78, 5) is 23.5. The lowest BCUT2D eigenvalue weighted by Gasteiger charge is -2.19. The molecule has 0 aliphatic heterocycles. The predicted molar refractivity (Wildman–Crippen MR) is 149 cm³/mol. The summed E-state index contributed by atoms with van der Waals surface area (Å²) in [6.07, 6.45) is 6.40. The molecule has 0 spiro atoms. The Morgan fingerprint density at radius 3 is 2.53 bits per heavy atom. The number of amides is 1. The lowest BCUT2D eigenvalue weighted by molar-refractivity contribution is 0.197. The summed E-state index contributed by atoms with van der Waals surface area (Å²) >= 11 is 6.78. The van der Waals surface area contributed by atoms with Gasteiger partial charge in [-0.15, -0.1) is 0 Å². The number of nitrogens with one attached hydrogen (secondary N) is 1. The number of benzene rings is 2. The number of nitrogen functional groups attached to an aromatic ring is 1. The summed E-state index contributed by atoms with van der Waals surface area (Å²) in [5.74, 6) is 1.70. The number of anilines is 1. The molecule has 38 heavy (non-hydrogen) atoms. The number of nitrogens with two attached hydrogens (primary N) is 1. The van der Waals surface area contributed by atoms with Crippen molar-refractivity contribution in [3.8, 4) is 22.5 Å². The van der Waals surface area contributed by atoms with E-state index < -0.39 is 6.09 Å². The largest absolute Gasteiger partial charge is 0.465 e. The van der Waals surface area contributed by atoms with E-state index in [-0.39, 0.29) is 0 Å². The van der Waals surface area contributed by atoms with E-state index in [1.54, 1.807) is 0 Å². The molecule has 0 saturated heterocycles. The van der Waals surface area contributed by atoms with Crippen LogP contribution in [0.5, 0.6) is 0 Å². The molecule has 1 aliphatic carbocycles. The quantitative estimate of drug-likeness (QED) is 0.254. The van der Waals surface area contributed by atoms with Crippen molar-refractivity contribution in [2.24, 2.45) is 0 Å². The van der Waals surface area contributed by atoms with Crippen LogP contribution in [0.1, 0.15) is 43.8 Å². The zero-order chi connectivity index (χ0) is 26.6. The van der Waals surface area contributed by atoms with E-state index in [0.717, 1.165) is 46.4 Å². The summed E-state index contributed by atoms with van der Waals surface area (Å²) in [6, 6.07) is 18.2. The van der Waals surface area contributed by atoms with Crippen LogP contribution in [-0.4, -0.2) is 42.8 Å². The highest BCUT2D eigenvalue weighted by molar-refractivity contribution is 6.34. The molecule has 1 fully saturated rings. The number of hydrogen-bond donors (Lipinski definition) is 3. The molecule has 194 valence electrons. The van der Waals surface area contributed by atoms with Crippen LogP contribution in [0.3, 0.4) is 0 Å². The number of hydrogen-bond acceptors (Lipinski definition) is 6. The molecule has 0 atom stereocenters. The van der Waals surface area contributed by atoms with Gasteiger partial charge in [0.2, 0.25) is 0 Å². The van der Waals surface area contributed by atoms with E-state index in [1.807, 2.05) is 46.2 Å². The Labute approximate surface area is 224 Å². The third-order valence-electron chi connectivity index (χ3n) is 6.77. The normalized spacial score (nSPS) is 13.7. The summed E-state index contributed by atoms with van der Waals surface area (Å²) in [5.41, 5.74) is 11.4. The zero-order valence-corrected chi connectivity index (χ0v) is 21.7. The first-order valence-corrected chi connectivity index (χ1v) is 12.9. The molecular formula is C28H28ClN7O2. The van der Waals surface area contributed by atoms with Gasteiger partial charge in [0, 0.05) is 29.5 Å². The van der Waals surface area contributed by atoms with Crippen molar-refractivity contribution < 1.29 is 9.90 Å². The molecule has 2 aromatic carbocycles. The number of halogens is 1. The molecule has 4 N–H and O–H groups in total. The van der Waals surface area contributed by atoms with Crippen LogP contribution in [-0.2, 0) is 0 Å². The second kappa shape index (κ2) is 11.0. The Morgan fingerprint density at radius 2 is 1.82 bits per heavy atom. The number of rotatable bonds is 3. The molecule has 1 amide bonds. The van der Waals surface area contributed by atoms with Crippen LogP contribution in [0.2, 0.25) is 5.02 Å². The first kappa shape index (κ1) is 25.4. The SMILES string of the molecule is CNC(=O)O.Nc1ncnn2c(C3CCCCC3)nc(-c3cc4nc(-c5ccccc5)ccc4cc3Cl)c12. The van der Waals surface area contributed by atoms with E-state index >= 15 is 0 Å². The van der Waals surface area contributed by atoms with Crippen LogP contribution >= 0.6 is 11.6 Å². The maximum Gasteiger partial charge on any atom is 0.404 e. The van der Waals surface area contributed by atoms with Crippen molar-refractivity contribution in [1.82, 2.24) is 29.9 Å². The van der Waals surface area contributed by atoms with Crippen molar-refractivity contribution in [3.05, 3.63) is 71.8 Å². The Morgan fingerprint density at radius 1 is 1.08 bits per heavy atom. The molecule has 0 unspecified atom stereocenters. The van der Waals surface area contributed by atoms with Crippen molar-refractivity contribution in [3.63, 3.8) is 0 Å². The van der Waals surface area contributed by atoms with Gasteiger partial charge in [0.15, 0.2) is 5.82 Å². The summed E-state index contributed by atoms with van der Waals surface area (Å²) in [5, 5.41) is 15.7. The van der Waals surface area contributed by atoms with Gasteiger partial charge >= 0.3 is 6.09 Å². The number of carbonyl (C=O) groups is 1. The first-order valence-electron chi connectivity index (χ1n) is 12.5. The number of pyridine rings is 1. The summed E-state index contributed by atoms with van der Waals surface area (Å²) < 4.78 is 1.86. The highest BCUT2D eigenvalue weighted by Gasteiger charge is 2.26. The van der Waals surface area contributed by atoms with E-state index in [9.17, 15) is 4.79 Å². The molecule has 10 heteroatoms. The van der Waals surface area contributed by atoms with E-state index in [1.165, 1.54) is 32.6 Å². The van der Waals surface area contributed by atoms with Crippen molar-refractivity contribution >= 4 is 39.9 Å². The smallest absolute Gasteiger partial charge is 0.404 e. The van der Waals surface area contributed by atoms with Crippen molar-refractivity contribution in [1.29, 1.82) is 0 Å². The van der Waals surface area contributed by atoms with Gasteiger partial charge in [0.25, 0.3) is 0 Å². The fourth-order valence-electron chi connectivity index (χ4n) is 4.88. The van der Waals surface area contributed by atoms with Crippen LogP contribution in [0.4, 0.5) is 10.6 Å². The van der Waals surface area contributed by atoms with Gasteiger partial charge in [-0.3, -0.25) is 0 Å². The lowest BCUT2D eigenvalue weighted by Crippen LogP contribution is -2.13. The molecule has 3 aromatic heterocycles. The fourth-order valence-corrected chi connectivity index (χ4v) is 5.15. The topological polar surface area (TPSA) is 131 Å². The number of fused-ring (bicyclic) bond motifs is 2. The highest BCUT2D eigenvalue weighted by Crippen LogP contribution is 2.39. The minimum Gasteiger partial charge on any atom is -0.465 e. The second-order valence-corrected chi connectivity index (χ2v) is 9.61. The Balaban J connectivity index is 0.000000540. The van der Waals surface area contributed by atoms with Gasteiger partial charge in [-0.2, -0.15) is 5.10 Å². The third kappa shape index (κ3) is 5.10. The van der Waals surface area contributed by atoms with Gasteiger partial charge in [-0.25, -0.2) is 24.3 Å². The van der Waals surface area contributed by atoms with E-state index in [0.29, 0.717) is 28.0 Å². The van der Waals surface area contributed by atoms with E-state index in [2.05, 4.69) is 28.3 Å². The highest BCUT2D eigenvalue weighted by atomic mass is 35.5. The molecule has 1 saturated carbocycles. The Kier molecular flexibility index (Phi) is 7.37. The molecule has 3 heterocycles. The number of nitrogens with zero attached hydrogens (tertiary/aromatic N) is 5. The minimum absolute atomic E-state index is 0.358. The standard InChI is InChI=1S/C26H23ClN6.C2H5NO2/c27-20-13-18-11-12-21(16-7-3-1-4-8-16)31-22(18)14-19(20)23-24-25(28)29-15-30-33(24)26(32-23)17-9-5-2-6-10-17;1-3-2(4)5/h1,3-4,7-8,11-15,17H,2,5-6,9-10H2,(H2,28,29,30);3H,1H3,(H,4,5). The number of aromatic nitrogens is 5. The van der Waals surface area contributed by atoms with Crippen molar-refractivity contribution in [2.75, 3.05) is 12.8 Å².